The van der Waals surface area contributed by atoms with Crippen LogP contribution in [-0.2, 0) is 11.2 Å². The van der Waals surface area contributed by atoms with Gasteiger partial charge in [-0.15, -0.1) is 0 Å². The predicted octanol–water partition coefficient (Wildman–Crippen LogP) is 4.02. The molecule has 0 aromatic heterocycles. The summed E-state index contributed by atoms with van der Waals surface area (Å²) in [6.07, 6.45) is 0.724. The lowest BCUT2D eigenvalue weighted by molar-refractivity contribution is -0.136. The van der Waals surface area contributed by atoms with Gasteiger partial charge in [0, 0.05) is 11.4 Å². The van der Waals surface area contributed by atoms with Crippen molar-refractivity contribution >= 4 is 17.6 Å². The highest BCUT2D eigenvalue weighted by molar-refractivity contribution is 6.30. The minimum absolute atomic E-state index is 0.163. The molecule has 0 heterocycles. The minimum atomic E-state index is -0.770. The first-order valence-electron chi connectivity index (χ1n) is 5.72. The average molecular weight is 261 g/mol. The normalized spacial score (nSPS) is 10.3. The van der Waals surface area contributed by atoms with Crippen molar-refractivity contribution in [3.8, 4) is 11.1 Å². The van der Waals surface area contributed by atoms with E-state index in [1.54, 1.807) is 0 Å². The number of carboxylic acids is 1. The molecule has 0 aliphatic carbocycles. The molecule has 0 radical (unpaired) electrons. The summed E-state index contributed by atoms with van der Waals surface area (Å²) < 4.78 is 0. The van der Waals surface area contributed by atoms with Crippen LogP contribution < -0.4 is 0 Å². The SMILES string of the molecule is O=C(O)CCc1ccc(-c2cccc(Cl)c2)cc1. The fourth-order valence-corrected chi connectivity index (χ4v) is 1.97. The lowest BCUT2D eigenvalue weighted by atomic mass is 10.0. The van der Waals surface area contributed by atoms with E-state index in [-0.39, 0.29) is 6.42 Å². The van der Waals surface area contributed by atoms with E-state index in [2.05, 4.69) is 0 Å². The zero-order valence-electron chi connectivity index (χ0n) is 9.77. The van der Waals surface area contributed by atoms with Crippen molar-refractivity contribution in [2.45, 2.75) is 12.8 Å². The van der Waals surface area contributed by atoms with Crippen LogP contribution in [0.3, 0.4) is 0 Å². The molecule has 92 valence electrons. The van der Waals surface area contributed by atoms with Gasteiger partial charge in [-0.2, -0.15) is 0 Å². The maximum absolute atomic E-state index is 10.5. The van der Waals surface area contributed by atoms with Gasteiger partial charge in [-0.3, -0.25) is 4.79 Å². The second kappa shape index (κ2) is 5.69. The molecule has 0 saturated heterocycles. The number of carboxylic acid groups (broad SMARTS) is 1. The van der Waals surface area contributed by atoms with Crippen molar-refractivity contribution < 1.29 is 9.90 Å². The second-order valence-corrected chi connectivity index (χ2v) is 4.54. The Hall–Kier alpha value is -1.80. The van der Waals surface area contributed by atoms with Crippen molar-refractivity contribution in [1.29, 1.82) is 0 Å². The highest BCUT2D eigenvalue weighted by Gasteiger charge is 2.01. The van der Waals surface area contributed by atoms with Crippen molar-refractivity contribution in [2.75, 3.05) is 0 Å². The summed E-state index contributed by atoms with van der Waals surface area (Å²) in [5.74, 6) is -0.770. The van der Waals surface area contributed by atoms with Crippen LogP contribution in [-0.4, -0.2) is 11.1 Å². The highest BCUT2D eigenvalue weighted by Crippen LogP contribution is 2.23. The van der Waals surface area contributed by atoms with E-state index >= 15 is 0 Å². The van der Waals surface area contributed by atoms with Gasteiger partial charge in [-0.25, -0.2) is 0 Å². The number of rotatable bonds is 4. The summed E-state index contributed by atoms with van der Waals surface area (Å²) in [6, 6.07) is 15.6. The van der Waals surface area contributed by atoms with Crippen molar-refractivity contribution in [3.63, 3.8) is 0 Å². The van der Waals surface area contributed by atoms with Gasteiger partial charge in [0.05, 0.1) is 0 Å². The molecule has 2 aromatic rings. The topological polar surface area (TPSA) is 37.3 Å². The van der Waals surface area contributed by atoms with Crippen LogP contribution in [0.25, 0.3) is 11.1 Å². The average Bonchev–Trinajstić information content (AvgIpc) is 2.37. The quantitative estimate of drug-likeness (QED) is 0.901. The Morgan fingerprint density at radius 1 is 1.06 bits per heavy atom. The first kappa shape index (κ1) is 12.7. The van der Waals surface area contributed by atoms with Gasteiger partial charge in [0.1, 0.15) is 0 Å². The summed E-state index contributed by atoms with van der Waals surface area (Å²) in [6.45, 7) is 0. The zero-order valence-corrected chi connectivity index (χ0v) is 10.5. The predicted molar refractivity (Wildman–Crippen MR) is 72.8 cm³/mol. The molecule has 0 fully saturated rings. The largest absolute Gasteiger partial charge is 0.481 e. The fourth-order valence-electron chi connectivity index (χ4n) is 1.78. The summed E-state index contributed by atoms with van der Waals surface area (Å²) in [4.78, 5) is 10.5. The van der Waals surface area contributed by atoms with Crippen LogP contribution in [0.15, 0.2) is 48.5 Å². The van der Waals surface area contributed by atoms with Gasteiger partial charge in [-0.1, -0.05) is 48.0 Å². The maximum atomic E-state index is 10.5. The Morgan fingerprint density at radius 2 is 1.78 bits per heavy atom. The first-order valence-corrected chi connectivity index (χ1v) is 6.09. The van der Waals surface area contributed by atoms with Crippen LogP contribution >= 0.6 is 11.6 Å². The maximum Gasteiger partial charge on any atom is 0.303 e. The smallest absolute Gasteiger partial charge is 0.303 e. The number of hydrogen-bond acceptors (Lipinski definition) is 1. The molecule has 2 rings (SSSR count). The van der Waals surface area contributed by atoms with Gasteiger partial charge < -0.3 is 5.11 Å². The van der Waals surface area contributed by atoms with Crippen LogP contribution in [0.4, 0.5) is 0 Å². The third-order valence-electron chi connectivity index (χ3n) is 2.74. The molecular formula is C15H13ClO2. The van der Waals surface area contributed by atoms with Crippen molar-refractivity contribution in [3.05, 3.63) is 59.1 Å². The lowest BCUT2D eigenvalue weighted by Crippen LogP contribution is -1.97. The molecule has 0 saturated carbocycles. The summed E-state index contributed by atoms with van der Waals surface area (Å²) in [7, 11) is 0. The number of aryl methyl sites for hydroxylation is 1. The molecule has 0 spiro atoms. The van der Waals surface area contributed by atoms with Crippen LogP contribution in [0.2, 0.25) is 5.02 Å². The molecule has 3 heteroatoms. The van der Waals surface area contributed by atoms with Crippen molar-refractivity contribution in [2.24, 2.45) is 0 Å². The van der Waals surface area contributed by atoms with Gasteiger partial charge in [0.15, 0.2) is 0 Å². The molecule has 0 aliphatic rings. The number of benzene rings is 2. The van der Waals surface area contributed by atoms with E-state index < -0.39 is 5.97 Å². The summed E-state index contributed by atoms with van der Waals surface area (Å²) in [5, 5.41) is 9.33. The molecule has 0 amide bonds. The fraction of sp³-hybridized carbons (Fsp3) is 0.133. The number of carbonyl (C=O) groups is 1. The van der Waals surface area contributed by atoms with Gasteiger partial charge in [0.25, 0.3) is 0 Å². The van der Waals surface area contributed by atoms with E-state index in [1.807, 2.05) is 48.5 Å². The second-order valence-electron chi connectivity index (χ2n) is 4.10. The minimum Gasteiger partial charge on any atom is -0.481 e. The van der Waals surface area contributed by atoms with E-state index in [9.17, 15) is 4.79 Å². The van der Waals surface area contributed by atoms with E-state index in [1.165, 1.54) is 0 Å². The van der Waals surface area contributed by atoms with E-state index in [4.69, 9.17) is 16.7 Å². The van der Waals surface area contributed by atoms with E-state index in [0.29, 0.717) is 11.4 Å². The molecule has 0 unspecified atom stereocenters. The molecule has 2 nitrogen and oxygen atoms in total. The zero-order chi connectivity index (χ0) is 13.0. The first-order chi connectivity index (χ1) is 8.65. The lowest BCUT2D eigenvalue weighted by Gasteiger charge is -2.04. The Bertz CT molecular complexity index is 547. The molecule has 18 heavy (non-hydrogen) atoms. The molecular weight excluding hydrogens is 248 g/mol. The summed E-state index contributed by atoms with van der Waals surface area (Å²) in [5.41, 5.74) is 3.17. The molecule has 0 atom stereocenters. The van der Waals surface area contributed by atoms with Gasteiger partial charge in [-0.05, 0) is 35.2 Å². The van der Waals surface area contributed by atoms with E-state index in [0.717, 1.165) is 16.7 Å². The molecule has 0 bridgehead atoms. The Kier molecular flexibility index (Phi) is 4.00. The van der Waals surface area contributed by atoms with Gasteiger partial charge in [0.2, 0.25) is 0 Å². The summed E-state index contributed by atoms with van der Waals surface area (Å²) >= 11 is 5.95. The standard InChI is InChI=1S/C15H13ClO2/c16-14-3-1-2-13(10-14)12-7-4-11(5-8-12)6-9-15(17)18/h1-5,7-8,10H,6,9H2,(H,17,18). The molecule has 2 aromatic carbocycles. The van der Waals surface area contributed by atoms with Crippen LogP contribution in [0.1, 0.15) is 12.0 Å². The molecule has 0 aliphatic heterocycles. The third-order valence-corrected chi connectivity index (χ3v) is 2.97. The highest BCUT2D eigenvalue weighted by atomic mass is 35.5. The monoisotopic (exact) mass is 260 g/mol. The van der Waals surface area contributed by atoms with Crippen molar-refractivity contribution in [1.82, 2.24) is 0 Å². The Labute approximate surface area is 111 Å². The van der Waals surface area contributed by atoms with Gasteiger partial charge >= 0.3 is 5.97 Å². The number of aliphatic carboxylic acids is 1. The van der Waals surface area contributed by atoms with Crippen LogP contribution in [0, 0.1) is 0 Å². The Morgan fingerprint density at radius 3 is 2.39 bits per heavy atom. The Balaban J connectivity index is 2.14. The number of hydrogen-bond donors (Lipinski definition) is 1. The number of halogens is 1. The van der Waals surface area contributed by atoms with Crippen LogP contribution in [0.5, 0.6) is 0 Å². The molecule has 1 N–H and O–H groups in total. The third kappa shape index (κ3) is 3.34.